The molecule has 0 N–H and O–H groups in total. The molecule has 0 saturated carbocycles. The molecule has 1 aromatic heterocycles. The maximum Gasteiger partial charge on any atom is 0.0541 e. The zero-order valence-corrected chi connectivity index (χ0v) is 35.1. The van der Waals surface area contributed by atoms with Gasteiger partial charge in [0.15, 0.2) is 0 Å². The average molecular weight is 815 g/mol. The van der Waals surface area contributed by atoms with Crippen molar-refractivity contribution in [2.45, 2.75) is 0 Å². The second-order valence-corrected chi connectivity index (χ2v) is 16.6. The van der Waals surface area contributed by atoms with Crippen LogP contribution in [0.1, 0.15) is 0 Å². The van der Waals surface area contributed by atoms with Crippen molar-refractivity contribution >= 4 is 60.4 Å². The number of nitrogens with zero attached hydrogens (tertiary/aromatic N) is 2. The first-order valence-corrected chi connectivity index (χ1v) is 22.0. The molecule has 0 spiro atoms. The SMILES string of the molecule is c1ccc2cc(-c3ccc(N(c4ccc(-c5ccc(-c6cccc7ccccc67)cc5)cc4)c4ccc(-c5ccc(-n6c7ccccc7c7ccccc76)cc5)cc4)cc3)ccc2c1. The highest BCUT2D eigenvalue weighted by atomic mass is 15.1. The Morgan fingerprint density at radius 2 is 0.641 bits per heavy atom. The minimum Gasteiger partial charge on any atom is -0.311 e. The Balaban J connectivity index is 0.868. The predicted octanol–water partition coefficient (Wildman–Crippen LogP) is 17.2. The molecule has 300 valence electrons. The van der Waals surface area contributed by atoms with E-state index in [9.17, 15) is 0 Å². The summed E-state index contributed by atoms with van der Waals surface area (Å²) >= 11 is 0. The third kappa shape index (κ3) is 6.70. The number of para-hydroxylation sites is 2. The van der Waals surface area contributed by atoms with Gasteiger partial charge in [0.1, 0.15) is 0 Å². The van der Waals surface area contributed by atoms with E-state index < -0.39 is 0 Å². The normalized spacial score (nSPS) is 11.4. The zero-order chi connectivity index (χ0) is 42.4. The Bertz CT molecular complexity index is 3560. The molecule has 0 aliphatic carbocycles. The van der Waals surface area contributed by atoms with E-state index in [1.54, 1.807) is 0 Å². The van der Waals surface area contributed by atoms with Crippen LogP contribution in [0.25, 0.3) is 93.5 Å². The van der Waals surface area contributed by atoms with Crippen LogP contribution >= 0.6 is 0 Å². The van der Waals surface area contributed by atoms with Crippen molar-refractivity contribution in [2.75, 3.05) is 4.90 Å². The number of fused-ring (bicyclic) bond motifs is 5. The number of rotatable bonds is 8. The monoisotopic (exact) mass is 814 g/mol. The highest BCUT2D eigenvalue weighted by molar-refractivity contribution is 6.09. The first kappa shape index (κ1) is 37.3. The molecule has 1 heterocycles. The van der Waals surface area contributed by atoms with Crippen molar-refractivity contribution in [1.29, 1.82) is 0 Å². The second-order valence-electron chi connectivity index (χ2n) is 16.6. The van der Waals surface area contributed by atoms with Gasteiger partial charge in [-0.2, -0.15) is 0 Å². The summed E-state index contributed by atoms with van der Waals surface area (Å²) < 4.78 is 2.37. The smallest absolute Gasteiger partial charge is 0.0541 e. The quantitative estimate of drug-likeness (QED) is 0.148. The molecule has 2 heteroatoms. The summed E-state index contributed by atoms with van der Waals surface area (Å²) in [6.45, 7) is 0. The summed E-state index contributed by atoms with van der Waals surface area (Å²) in [4.78, 5) is 2.35. The van der Waals surface area contributed by atoms with Crippen LogP contribution < -0.4 is 4.90 Å². The van der Waals surface area contributed by atoms with Gasteiger partial charge in [-0.05, 0) is 133 Å². The van der Waals surface area contributed by atoms with Gasteiger partial charge in [-0.3, -0.25) is 0 Å². The van der Waals surface area contributed by atoms with Crippen LogP contribution in [0.3, 0.4) is 0 Å². The van der Waals surface area contributed by atoms with E-state index in [1.807, 2.05) is 0 Å². The van der Waals surface area contributed by atoms with Gasteiger partial charge in [-0.25, -0.2) is 0 Å². The van der Waals surface area contributed by atoms with Gasteiger partial charge in [-0.15, -0.1) is 0 Å². The first-order valence-electron chi connectivity index (χ1n) is 22.0. The number of anilines is 3. The molecule has 0 atom stereocenters. The van der Waals surface area contributed by atoms with E-state index >= 15 is 0 Å². The van der Waals surface area contributed by atoms with E-state index in [0.717, 1.165) is 22.7 Å². The summed E-state index contributed by atoms with van der Waals surface area (Å²) in [6, 6.07) is 92.6. The Kier molecular flexibility index (Phi) is 9.20. The maximum atomic E-state index is 2.37. The largest absolute Gasteiger partial charge is 0.311 e. The van der Waals surface area contributed by atoms with Crippen LogP contribution in [0.15, 0.2) is 255 Å². The molecular weight excluding hydrogens is 773 g/mol. The lowest BCUT2D eigenvalue weighted by molar-refractivity contribution is 1.18. The first-order chi connectivity index (χ1) is 31.7. The lowest BCUT2D eigenvalue weighted by Gasteiger charge is -2.26. The lowest BCUT2D eigenvalue weighted by atomic mass is 9.96. The lowest BCUT2D eigenvalue weighted by Crippen LogP contribution is -2.09. The number of hydrogen-bond donors (Lipinski definition) is 0. The van der Waals surface area contributed by atoms with Crippen LogP contribution in [-0.4, -0.2) is 4.57 Å². The summed E-state index contributed by atoms with van der Waals surface area (Å²) in [6.07, 6.45) is 0. The van der Waals surface area contributed by atoms with Gasteiger partial charge in [0.05, 0.1) is 11.0 Å². The Hall–Kier alpha value is -8.46. The third-order valence-electron chi connectivity index (χ3n) is 12.8. The van der Waals surface area contributed by atoms with Crippen molar-refractivity contribution in [1.82, 2.24) is 4.57 Å². The molecule has 0 bridgehead atoms. The molecule has 0 aliphatic heterocycles. The molecule has 0 unspecified atom stereocenters. The van der Waals surface area contributed by atoms with E-state index in [0.29, 0.717) is 0 Å². The summed E-state index contributed by atoms with van der Waals surface area (Å²) in [7, 11) is 0. The number of aromatic nitrogens is 1. The van der Waals surface area contributed by atoms with Crippen LogP contribution in [-0.2, 0) is 0 Å². The van der Waals surface area contributed by atoms with Gasteiger partial charge in [0.25, 0.3) is 0 Å². The van der Waals surface area contributed by atoms with Crippen molar-refractivity contribution in [3.05, 3.63) is 255 Å². The van der Waals surface area contributed by atoms with Gasteiger partial charge in [-0.1, -0.05) is 188 Å². The van der Waals surface area contributed by atoms with Gasteiger partial charge in [0.2, 0.25) is 0 Å². The fourth-order valence-corrected chi connectivity index (χ4v) is 9.55. The average Bonchev–Trinajstić information content (AvgIpc) is 3.71. The fourth-order valence-electron chi connectivity index (χ4n) is 9.55. The molecule has 2 nitrogen and oxygen atoms in total. The molecule has 12 aromatic rings. The molecular formula is C62H42N2. The standard InChI is InChI=1S/C62H42N2/c1-2-12-51-42-52(25-22-43(51)10-1)48-32-38-55(39-33-48)63(53-34-26-45(27-35-53)44-20-23-50(24-21-44)58-17-9-13-49-11-3-4-14-57(49)58)54-36-28-46(29-37-54)47-30-40-56(41-31-47)64-61-18-7-5-15-59(61)60-16-6-8-19-62(60)64/h1-42H. The van der Waals surface area contributed by atoms with Crippen LogP contribution in [0.5, 0.6) is 0 Å². The van der Waals surface area contributed by atoms with E-state index in [1.165, 1.54) is 87.9 Å². The second kappa shape index (κ2) is 15.8. The minimum atomic E-state index is 1.09. The molecule has 0 saturated heterocycles. The van der Waals surface area contributed by atoms with Crippen molar-refractivity contribution in [2.24, 2.45) is 0 Å². The molecule has 0 aliphatic rings. The zero-order valence-electron chi connectivity index (χ0n) is 35.1. The van der Waals surface area contributed by atoms with Gasteiger partial charge >= 0.3 is 0 Å². The van der Waals surface area contributed by atoms with E-state index in [2.05, 4.69) is 264 Å². The molecule has 0 amide bonds. The maximum absolute atomic E-state index is 2.37. The molecule has 0 radical (unpaired) electrons. The Morgan fingerprint density at radius 1 is 0.250 bits per heavy atom. The number of benzene rings is 11. The third-order valence-corrected chi connectivity index (χ3v) is 12.8. The molecule has 12 rings (SSSR count). The highest BCUT2D eigenvalue weighted by Gasteiger charge is 2.16. The van der Waals surface area contributed by atoms with Crippen molar-refractivity contribution in [3.63, 3.8) is 0 Å². The van der Waals surface area contributed by atoms with Crippen molar-refractivity contribution in [3.8, 4) is 50.2 Å². The Labute approximate surface area is 373 Å². The van der Waals surface area contributed by atoms with Crippen LogP contribution in [0, 0.1) is 0 Å². The molecule has 0 fully saturated rings. The van der Waals surface area contributed by atoms with Gasteiger partial charge in [0, 0.05) is 33.5 Å². The summed E-state index contributed by atoms with van der Waals surface area (Å²) in [5.41, 5.74) is 16.5. The predicted molar refractivity (Wildman–Crippen MR) is 272 cm³/mol. The molecule has 11 aromatic carbocycles. The summed E-state index contributed by atoms with van der Waals surface area (Å²) in [5, 5.41) is 7.57. The number of hydrogen-bond acceptors (Lipinski definition) is 1. The van der Waals surface area contributed by atoms with Crippen LogP contribution in [0.4, 0.5) is 17.1 Å². The van der Waals surface area contributed by atoms with E-state index in [4.69, 9.17) is 0 Å². The summed E-state index contributed by atoms with van der Waals surface area (Å²) in [5.74, 6) is 0. The minimum absolute atomic E-state index is 1.09. The van der Waals surface area contributed by atoms with Crippen molar-refractivity contribution < 1.29 is 0 Å². The van der Waals surface area contributed by atoms with Crippen LogP contribution in [0.2, 0.25) is 0 Å². The molecule has 64 heavy (non-hydrogen) atoms. The fraction of sp³-hybridized carbons (Fsp3) is 0. The van der Waals surface area contributed by atoms with Gasteiger partial charge < -0.3 is 9.47 Å². The Morgan fingerprint density at radius 3 is 1.20 bits per heavy atom. The topological polar surface area (TPSA) is 8.17 Å². The van der Waals surface area contributed by atoms with E-state index in [-0.39, 0.29) is 0 Å². The highest BCUT2D eigenvalue weighted by Crippen LogP contribution is 2.39.